The molecular weight excluding hydrogens is 237 g/mol. The third kappa shape index (κ3) is 2.95. The van der Waals surface area contributed by atoms with Crippen molar-refractivity contribution in [3.63, 3.8) is 0 Å². The first kappa shape index (κ1) is 11.9. The Morgan fingerprint density at radius 3 is 2.71 bits per heavy atom. The average Bonchev–Trinajstić information content (AvgIpc) is 2.93. The summed E-state index contributed by atoms with van der Waals surface area (Å²) in [5.41, 5.74) is 0. The number of aromatic nitrogens is 3. The van der Waals surface area contributed by atoms with Crippen molar-refractivity contribution in [3.8, 4) is 0 Å². The Bertz CT molecular complexity index is 424. The second-order valence-corrected chi connectivity index (χ2v) is 4.09. The van der Waals surface area contributed by atoms with Gasteiger partial charge < -0.3 is 4.90 Å². The van der Waals surface area contributed by atoms with E-state index in [1.807, 2.05) is 0 Å². The van der Waals surface area contributed by atoms with E-state index in [9.17, 15) is 18.0 Å². The van der Waals surface area contributed by atoms with Crippen LogP contribution in [0.2, 0.25) is 0 Å². The van der Waals surface area contributed by atoms with E-state index in [2.05, 4.69) is 15.2 Å². The van der Waals surface area contributed by atoms with Crippen LogP contribution in [0.3, 0.4) is 0 Å². The third-order valence-electron chi connectivity index (χ3n) is 2.42. The van der Waals surface area contributed by atoms with Crippen LogP contribution >= 0.6 is 0 Å². The number of halogens is 3. The summed E-state index contributed by atoms with van der Waals surface area (Å²) in [7, 11) is 1.07. The molecule has 0 spiro atoms. The van der Waals surface area contributed by atoms with Crippen LogP contribution in [0, 0.1) is 0 Å². The van der Waals surface area contributed by atoms with E-state index in [0.29, 0.717) is 10.7 Å². The Hall–Kier alpha value is -1.60. The van der Waals surface area contributed by atoms with Crippen molar-refractivity contribution in [1.29, 1.82) is 0 Å². The molecule has 94 valence electrons. The maximum atomic E-state index is 12.1. The molecule has 0 saturated heterocycles. The summed E-state index contributed by atoms with van der Waals surface area (Å²) in [6.07, 6.45) is -2.47. The summed E-state index contributed by atoms with van der Waals surface area (Å²) >= 11 is 0. The van der Waals surface area contributed by atoms with Crippen LogP contribution in [0.1, 0.15) is 35.2 Å². The molecule has 2 rings (SSSR count). The monoisotopic (exact) mass is 248 g/mol. The summed E-state index contributed by atoms with van der Waals surface area (Å²) in [4.78, 5) is 16.0. The third-order valence-corrected chi connectivity index (χ3v) is 2.42. The Kier molecular flexibility index (Phi) is 2.80. The lowest BCUT2D eigenvalue weighted by Crippen LogP contribution is -2.36. The maximum absolute atomic E-state index is 12.1. The number of alkyl halides is 3. The highest BCUT2D eigenvalue weighted by atomic mass is 19.4. The molecule has 0 bridgehead atoms. The molecule has 1 amide bonds. The highest BCUT2D eigenvalue weighted by molar-refractivity contribution is 5.90. The minimum absolute atomic E-state index is 0.210. The van der Waals surface area contributed by atoms with E-state index >= 15 is 0 Å². The molecule has 0 aromatic carbocycles. The van der Waals surface area contributed by atoms with Crippen molar-refractivity contribution < 1.29 is 18.0 Å². The maximum Gasteiger partial charge on any atom is 0.406 e. The zero-order chi connectivity index (χ0) is 12.6. The normalized spacial score (nSPS) is 16.0. The van der Waals surface area contributed by atoms with E-state index in [-0.39, 0.29) is 11.7 Å². The number of rotatable bonds is 3. The van der Waals surface area contributed by atoms with Crippen LogP contribution in [0.25, 0.3) is 0 Å². The number of aromatic amines is 1. The molecule has 17 heavy (non-hydrogen) atoms. The second-order valence-electron chi connectivity index (χ2n) is 4.09. The number of hydrogen-bond donors (Lipinski definition) is 1. The first-order valence-corrected chi connectivity index (χ1v) is 5.11. The highest BCUT2D eigenvalue weighted by Crippen LogP contribution is 2.37. The van der Waals surface area contributed by atoms with E-state index in [1.54, 1.807) is 0 Å². The SMILES string of the molecule is CN(CC(F)(F)F)C(=O)c1n[nH]c(C2CC2)n1. The summed E-state index contributed by atoms with van der Waals surface area (Å²) in [6.45, 7) is -1.31. The van der Waals surface area contributed by atoms with Gasteiger partial charge in [-0.25, -0.2) is 4.98 Å². The molecule has 1 aromatic rings. The Morgan fingerprint density at radius 1 is 1.53 bits per heavy atom. The van der Waals surface area contributed by atoms with Crippen molar-refractivity contribution >= 4 is 5.91 Å². The Morgan fingerprint density at radius 2 is 2.18 bits per heavy atom. The number of hydrogen-bond acceptors (Lipinski definition) is 3. The molecule has 1 N–H and O–H groups in total. The number of carbonyl (C=O) groups excluding carboxylic acids is 1. The van der Waals surface area contributed by atoms with Crippen molar-refractivity contribution in [3.05, 3.63) is 11.6 Å². The van der Waals surface area contributed by atoms with Crippen LogP contribution in [0.5, 0.6) is 0 Å². The number of nitrogens with one attached hydrogen (secondary N) is 1. The molecule has 1 aromatic heterocycles. The summed E-state index contributed by atoms with van der Waals surface area (Å²) in [6, 6.07) is 0. The molecule has 1 aliphatic rings. The molecule has 1 saturated carbocycles. The molecule has 0 atom stereocenters. The van der Waals surface area contributed by atoms with Crippen molar-refractivity contribution in [2.24, 2.45) is 0 Å². The summed E-state index contributed by atoms with van der Waals surface area (Å²) < 4.78 is 36.2. The van der Waals surface area contributed by atoms with Gasteiger partial charge in [0.2, 0.25) is 5.82 Å². The van der Waals surface area contributed by atoms with E-state index in [0.717, 1.165) is 19.9 Å². The van der Waals surface area contributed by atoms with Crippen LogP contribution in [-0.2, 0) is 0 Å². The average molecular weight is 248 g/mol. The van der Waals surface area contributed by atoms with Gasteiger partial charge in [-0.3, -0.25) is 9.89 Å². The standard InChI is InChI=1S/C9H11F3N4O/c1-16(4-9(10,11)12)8(17)7-13-6(14-15-7)5-2-3-5/h5H,2-4H2,1H3,(H,13,14,15). The number of carbonyl (C=O) groups is 1. The minimum Gasteiger partial charge on any atom is -0.330 e. The van der Waals surface area contributed by atoms with Gasteiger partial charge in [0.25, 0.3) is 5.91 Å². The van der Waals surface area contributed by atoms with Gasteiger partial charge in [-0.15, -0.1) is 5.10 Å². The van der Waals surface area contributed by atoms with Gasteiger partial charge in [0, 0.05) is 13.0 Å². The van der Waals surface area contributed by atoms with E-state index in [4.69, 9.17) is 0 Å². The molecule has 0 aliphatic heterocycles. The quantitative estimate of drug-likeness (QED) is 0.877. The van der Waals surface area contributed by atoms with Gasteiger partial charge in [-0.1, -0.05) is 0 Å². The lowest BCUT2D eigenvalue weighted by Gasteiger charge is -2.16. The van der Waals surface area contributed by atoms with Gasteiger partial charge in [0.15, 0.2) is 0 Å². The van der Waals surface area contributed by atoms with Crippen LogP contribution < -0.4 is 0 Å². The topological polar surface area (TPSA) is 61.9 Å². The molecule has 5 nitrogen and oxygen atoms in total. The zero-order valence-electron chi connectivity index (χ0n) is 9.08. The number of amides is 1. The molecule has 1 heterocycles. The molecule has 0 radical (unpaired) electrons. The Labute approximate surface area is 95.0 Å². The first-order chi connectivity index (χ1) is 7.87. The van der Waals surface area contributed by atoms with Gasteiger partial charge in [0.05, 0.1) is 0 Å². The summed E-state index contributed by atoms with van der Waals surface area (Å²) in [5, 5.41) is 6.21. The predicted octanol–water partition coefficient (Wildman–Crippen LogP) is 1.32. The number of nitrogens with zero attached hydrogens (tertiary/aromatic N) is 3. The van der Waals surface area contributed by atoms with Crippen LogP contribution in [-0.4, -0.2) is 45.8 Å². The molecule has 1 fully saturated rings. The lowest BCUT2D eigenvalue weighted by atomic mass is 10.4. The highest BCUT2D eigenvalue weighted by Gasteiger charge is 2.33. The molecule has 8 heteroatoms. The fourth-order valence-electron chi connectivity index (χ4n) is 1.42. The van der Waals surface area contributed by atoms with Crippen LogP contribution in [0.4, 0.5) is 13.2 Å². The zero-order valence-corrected chi connectivity index (χ0v) is 9.08. The molecule has 1 aliphatic carbocycles. The number of H-pyrrole nitrogens is 1. The second kappa shape index (κ2) is 4.01. The van der Waals surface area contributed by atoms with Gasteiger partial charge >= 0.3 is 6.18 Å². The lowest BCUT2D eigenvalue weighted by molar-refractivity contribution is -0.138. The predicted molar refractivity (Wildman–Crippen MR) is 51.4 cm³/mol. The van der Waals surface area contributed by atoms with Gasteiger partial charge in [0.1, 0.15) is 12.4 Å². The minimum atomic E-state index is -4.42. The smallest absolute Gasteiger partial charge is 0.330 e. The largest absolute Gasteiger partial charge is 0.406 e. The first-order valence-electron chi connectivity index (χ1n) is 5.11. The molecular formula is C9H11F3N4O. The van der Waals surface area contributed by atoms with E-state index in [1.165, 1.54) is 0 Å². The van der Waals surface area contributed by atoms with Crippen molar-refractivity contribution in [2.75, 3.05) is 13.6 Å². The van der Waals surface area contributed by atoms with E-state index < -0.39 is 18.6 Å². The summed E-state index contributed by atoms with van der Waals surface area (Å²) in [5.74, 6) is -0.185. The van der Waals surface area contributed by atoms with Crippen molar-refractivity contribution in [2.45, 2.75) is 24.9 Å². The van der Waals surface area contributed by atoms with Gasteiger partial charge in [-0.2, -0.15) is 13.2 Å². The van der Waals surface area contributed by atoms with Gasteiger partial charge in [-0.05, 0) is 12.8 Å². The fraction of sp³-hybridized carbons (Fsp3) is 0.667. The Balaban J connectivity index is 2.02. The fourth-order valence-corrected chi connectivity index (χ4v) is 1.42. The van der Waals surface area contributed by atoms with Crippen LogP contribution in [0.15, 0.2) is 0 Å². The molecule has 0 unspecified atom stereocenters. The van der Waals surface area contributed by atoms with Crippen molar-refractivity contribution in [1.82, 2.24) is 20.1 Å².